The molecule has 1 aliphatic heterocycles. The Hall–Kier alpha value is -3.13. The lowest BCUT2D eigenvalue weighted by Crippen LogP contribution is -2.43. The van der Waals surface area contributed by atoms with Gasteiger partial charge in [0.2, 0.25) is 11.8 Å². The van der Waals surface area contributed by atoms with Gasteiger partial charge in [0.1, 0.15) is 18.2 Å². The van der Waals surface area contributed by atoms with Gasteiger partial charge in [-0.3, -0.25) is 14.5 Å². The molecule has 1 atom stereocenters. The van der Waals surface area contributed by atoms with Crippen LogP contribution in [0.5, 0.6) is 0 Å². The minimum absolute atomic E-state index is 0.115. The summed E-state index contributed by atoms with van der Waals surface area (Å²) in [4.78, 5) is 28.2. The van der Waals surface area contributed by atoms with Crippen LogP contribution in [0.2, 0.25) is 0 Å². The molecular weight excluding hydrogens is 487 g/mol. The van der Waals surface area contributed by atoms with Crippen molar-refractivity contribution in [2.75, 3.05) is 23.7 Å². The van der Waals surface area contributed by atoms with E-state index in [1.165, 1.54) is 12.1 Å². The van der Waals surface area contributed by atoms with Crippen molar-refractivity contribution in [2.24, 2.45) is 5.92 Å². The topological polar surface area (TPSA) is 67.2 Å². The van der Waals surface area contributed by atoms with Gasteiger partial charge >= 0.3 is 0 Å². The van der Waals surface area contributed by atoms with E-state index >= 15 is 0 Å². The lowest BCUT2D eigenvalue weighted by atomic mass is 9.87. The molecule has 1 aromatic heterocycles. The zero-order valence-electron chi connectivity index (χ0n) is 22.3. The summed E-state index contributed by atoms with van der Waals surface area (Å²) in [6.07, 6.45) is 0. The maximum atomic E-state index is 13.8. The summed E-state index contributed by atoms with van der Waals surface area (Å²) < 4.78 is 15.5. The van der Waals surface area contributed by atoms with Gasteiger partial charge in [-0.15, -0.1) is 11.8 Å². The van der Waals surface area contributed by atoms with Gasteiger partial charge in [-0.05, 0) is 42.7 Å². The van der Waals surface area contributed by atoms with Gasteiger partial charge in [-0.25, -0.2) is 9.07 Å². The first-order chi connectivity index (χ1) is 17.5. The number of thioether (sulfide) groups is 1. The Labute approximate surface area is 222 Å². The van der Waals surface area contributed by atoms with Gasteiger partial charge in [-0.1, -0.05) is 64.4 Å². The first-order valence-electron chi connectivity index (χ1n) is 12.6. The van der Waals surface area contributed by atoms with Crippen molar-refractivity contribution in [1.82, 2.24) is 15.1 Å². The molecule has 0 unspecified atom stereocenters. The third-order valence-electron chi connectivity index (χ3n) is 6.22. The smallest absolute Gasteiger partial charge is 0.240 e. The summed E-state index contributed by atoms with van der Waals surface area (Å²) in [6, 6.07) is 14.3. The summed E-state index contributed by atoms with van der Waals surface area (Å²) in [5.74, 6) is 0.335. The second-order valence-corrected chi connectivity index (χ2v) is 12.1. The molecule has 0 saturated carbocycles. The van der Waals surface area contributed by atoms with Crippen molar-refractivity contribution in [2.45, 2.75) is 52.2 Å². The fourth-order valence-electron chi connectivity index (χ4n) is 4.45. The van der Waals surface area contributed by atoms with E-state index in [0.717, 1.165) is 22.4 Å². The molecule has 37 heavy (non-hydrogen) atoms. The number of nitrogens with one attached hydrogen (secondary N) is 1. The van der Waals surface area contributed by atoms with Crippen molar-refractivity contribution in [1.29, 1.82) is 0 Å². The minimum Gasteiger partial charge on any atom is -0.354 e. The molecule has 4 rings (SSSR count). The van der Waals surface area contributed by atoms with Crippen LogP contribution in [0.1, 0.15) is 62.3 Å². The molecule has 2 aromatic carbocycles. The molecule has 0 fully saturated rings. The molecule has 196 valence electrons. The number of hydrogen-bond acceptors (Lipinski definition) is 4. The predicted octanol–water partition coefficient (Wildman–Crippen LogP) is 5.56. The molecule has 6 nitrogen and oxygen atoms in total. The second kappa shape index (κ2) is 10.7. The zero-order chi connectivity index (χ0) is 26.9. The van der Waals surface area contributed by atoms with E-state index in [4.69, 9.17) is 5.10 Å². The third-order valence-corrected chi connectivity index (χ3v) is 7.48. The predicted molar refractivity (Wildman–Crippen MR) is 148 cm³/mol. The number of nitrogens with zero attached hydrogens (tertiary/aromatic N) is 3. The van der Waals surface area contributed by atoms with Crippen LogP contribution < -0.4 is 10.2 Å². The largest absolute Gasteiger partial charge is 0.354 e. The van der Waals surface area contributed by atoms with Crippen molar-refractivity contribution < 1.29 is 14.0 Å². The molecule has 1 aliphatic rings. The van der Waals surface area contributed by atoms with Gasteiger partial charge in [-0.2, -0.15) is 5.10 Å². The Kier molecular flexibility index (Phi) is 7.78. The highest BCUT2D eigenvalue weighted by Crippen LogP contribution is 2.48. The number of aromatic nitrogens is 2. The Bertz CT molecular complexity index is 1290. The Balaban J connectivity index is 1.96. The number of amides is 2. The van der Waals surface area contributed by atoms with E-state index < -0.39 is 0 Å². The molecule has 1 N–H and O–H groups in total. The lowest BCUT2D eigenvalue weighted by molar-refractivity contribution is -0.123. The monoisotopic (exact) mass is 522 g/mol. The molecule has 2 heterocycles. The van der Waals surface area contributed by atoms with Crippen LogP contribution in [0.3, 0.4) is 0 Å². The number of halogens is 1. The van der Waals surface area contributed by atoms with E-state index in [-0.39, 0.29) is 46.5 Å². The summed E-state index contributed by atoms with van der Waals surface area (Å²) in [5, 5.41) is 7.80. The molecule has 0 saturated heterocycles. The Morgan fingerprint density at radius 2 is 1.89 bits per heavy atom. The number of fused-ring (bicyclic) bond motifs is 1. The van der Waals surface area contributed by atoms with Crippen LogP contribution in [-0.4, -0.2) is 40.4 Å². The van der Waals surface area contributed by atoms with E-state index in [2.05, 4.69) is 51.2 Å². The number of carbonyl (C=O) groups is 2. The molecule has 0 bridgehead atoms. The number of anilines is 1. The van der Waals surface area contributed by atoms with E-state index in [1.54, 1.807) is 33.5 Å². The van der Waals surface area contributed by atoms with Gasteiger partial charge in [0.15, 0.2) is 0 Å². The Morgan fingerprint density at radius 3 is 2.51 bits per heavy atom. The highest BCUT2D eigenvalue weighted by molar-refractivity contribution is 8.00. The number of hydrogen-bond donors (Lipinski definition) is 1. The molecule has 3 aromatic rings. The number of benzene rings is 2. The van der Waals surface area contributed by atoms with Crippen LogP contribution in [0.15, 0.2) is 48.5 Å². The number of carbonyl (C=O) groups excluding carboxylic acids is 2. The van der Waals surface area contributed by atoms with Crippen LogP contribution >= 0.6 is 11.8 Å². The highest BCUT2D eigenvalue weighted by Gasteiger charge is 2.39. The molecular formula is C29H35FN4O2S. The number of aryl methyl sites for hydroxylation is 1. The fraction of sp³-hybridized carbons (Fsp3) is 0.414. The molecule has 0 radical (unpaired) electrons. The van der Waals surface area contributed by atoms with Crippen LogP contribution in [0, 0.1) is 18.7 Å². The SMILES string of the molecule is Cc1cccc([C@@H]2SCC(=O)N(CC(=O)NCC(C)C)c3c2c(C(C)(C)C)nn3-c2ccc(F)cc2)c1. The summed E-state index contributed by atoms with van der Waals surface area (Å²) in [7, 11) is 0. The van der Waals surface area contributed by atoms with Crippen molar-refractivity contribution in [3.63, 3.8) is 0 Å². The molecule has 0 spiro atoms. The summed E-state index contributed by atoms with van der Waals surface area (Å²) in [5.41, 5.74) is 4.24. The summed E-state index contributed by atoms with van der Waals surface area (Å²) >= 11 is 1.55. The maximum Gasteiger partial charge on any atom is 0.240 e. The molecule has 0 aliphatic carbocycles. The van der Waals surface area contributed by atoms with E-state index in [1.807, 2.05) is 19.9 Å². The fourth-order valence-corrected chi connectivity index (χ4v) is 5.64. The molecule has 2 amide bonds. The normalized spacial score (nSPS) is 16.1. The van der Waals surface area contributed by atoms with Crippen molar-refractivity contribution in [3.05, 3.63) is 76.7 Å². The van der Waals surface area contributed by atoms with Crippen molar-refractivity contribution >= 4 is 29.4 Å². The van der Waals surface area contributed by atoms with Gasteiger partial charge in [0, 0.05) is 17.5 Å². The first-order valence-corrected chi connectivity index (χ1v) is 13.6. The first kappa shape index (κ1) is 26.9. The van der Waals surface area contributed by atoms with Gasteiger partial charge in [0.25, 0.3) is 0 Å². The van der Waals surface area contributed by atoms with E-state index in [0.29, 0.717) is 18.1 Å². The van der Waals surface area contributed by atoms with Crippen molar-refractivity contribution in [3.8, 4) is 5.69 Å². The van der Waals surface area contributed by atoms with E-state index in [9.17, 15) is 14.0 Å². The average molecular weight is 523 g/mol. The zero-order valence-corrected chi connectivity index (χ0v) is 23.2. The third kappa shape index (κ3) is 5.90. The van der Waals surface area contributed by atoms with Gasteiger partial charge in [0.05, 0.1) is 22.4 Å². The standard InChI is InChI=1S/C29H35FN4O2S/c1-18(2)15-31-23(35)16-33-24(36)17-37-26(20-9-7-8-19(3)14-20)25-27(29(4,5)6)32-34(28(25)33)22-12-10-21(30)11-13-22/h7-14,18,26H,15-17H2,1-6H3,(H,31,35)/t26-/m0/s1. The average Bonchev–Trinajstić information content (AvgIpc) is 3.16. The highest BCUT2D eigenvalue weighted by atomic mass is 32.2. The molecule has 8 heteroatoms. The maximum absolute atomic E-state index is 13.8. The second-order valence-electron chi connectivity index (χ2n) is 11.0. The van der Waals surface area contributed by atoms with Crippen LogP contribution in [0.25, 0.3) is 5.69 Å². The van der Waals surface area contributed by atoms with Crippen LogP contribution in [0.4, 0.5) is 10.2 Å². The van der Waals surface area contributed by atoms with Crippen LogP contribution in [-0.2, 0) is 15.0 Å². The lowest BCUT2D eigenvalue weighted by Gasteiger charge is -2.25. The number of rotatable bonds is 6. The Morgan fingerprint density at radius 1 is 1.19 bits per heavy atom. The minimum atomic E-state index is -0.354. The summed E-state index contributed by atoms with van der Waals surface area (Å²) in [6.45, 7) is 12.8. The quantitative estimate of drug-likeness (QED) is 0.460. The van der Waals surface area contributed by atoms with Gasteiger partial charge < -0.3 is 5.32 Å².